The van der Waals surface area contributed by atoms with E-state index in [1.165, 1.54) is 25.1 Å². The lowest BCUT2D eigenvalue weighted by Gasteiger charge is -2.31. The molecule has 0 aliphatic carbocycles. The third-order valence-electron chi connectivity index (χ3n) is 4.06. The third kappa shape index (κ3) is 3.56. The Kier molecular flexibility index (Phi) is 4.41. The third-order valence-corrected chi connectivity index (χ3v) is 4.06. The molecule has 1 fully saturated rings. The predicted molar refractivity (Wildman–Crippen MR) is 77.9 cm³/mol. The minimum atomic E-state index is 0.463. The maximum absolute atomic E-state index is 3.48. The number of hydrogen-bond donors (Lipinski definition) is 1. The number of rotatable bonds is 5. The molecule has 1 aliphatic rings. The second kappa shape index (κ2) is 5.85. The van der Waals surface area contributed by atoms with Crippen molar-refractivity contribution < 1.29 is 0 Å². The van der Waals surface area contributed by atoms with E-state index in [1.807, 2.05) is 0 Å². The van der Waals surface area contributed by atoms with E-state index < -0.39 is 0 Å². The fraction of sp³-hybridized carbons (Fsp3) is 0.625. The van der Waals surface area contributed by atoms with Gasteiger partial charge in [-0.3, -0.25) is 0 Å². The lowest BCUT2D eigenvalue weighted by atomic mass is 9.89. The average Bonchev–Trinajstić information content (AvgIpc) is 2.76. The standard InChI is InChI=1S/C16H26N2/c1-14(15-7-5-4-6-8-15)11-18(3)13-16(2)9-10-17-12-16/h4-8,14,17H,9-13H2,1-3H3. The zero-order valence-electron chi connectivity index (χ0n) is 11.9. The summed E-state index contributed by atoms with van der Waals surface area (Å²) in [5.74, 6) is 0.606. The van der Waals surface area contributed by atoms with Crippen molar-refractivity contribution in [3.8, 4) is 0 Å². The molecule has 1 aliphatic heterocycles. The van der Waals surface area contributed by atoms with E-state index in [2.05, 4.69) is 61.4 Å². The molecule has 1 aromatic carbocycles. The monoisotopic (exact) mass is 246 g/mol. The van der Waals surface area contributed by atoms with E-state index in [1.54, 1.807) is 0 Å². The Morgan fingerprint density at radius 2 is 2.06 bits per heavy atom. The van der Waals surface area contributed by atoms with Crippen LogP contribution in [0.5, 0.6) is 0 Å². The Morgan fingerprint density at radius 3 is 2.67 bits per heavy atom. The summed E-state index contributed by atoms with van der Waals surface area (Å²) in [4.78, 5) is 2.49. The van der Waals surface area contributed by atoms with E-state index in [0.29, 0.717) is 11.3 Å². The first-order valence-corrected chi connectivity index (χ1v) is 7.03. The molecule has 1 heterocycles. The van der Waals surface area contributed by atoms with Crippen molar-refractivity contribution in [1.82, 2.24) is 10.2 Å². The number of nitrogens with zero attached hydrogens (tertiary/aromatic N) is 1. The van der Waals surface area contributed by atoms with Crippen LogP contribution in [0, 0.1) is 5.41 Å². The average molecular weight is 246 g/mol. The topological polar surface area (TPSA) is 15.3 Å². The highest BCUT2D eigenvalue weighted by atomic mass is 15.1. The first-order chi connectivity index (χ1) is 8.59. The molecule has 0 amide bonds. The lowest BCUT2D eigenvalue weighted by molar-refractivity contribution is 0.202. The fourth-order valence-corrected chi connectivity index (χ4v) is 3.07. The lowest BCUT2D eigenvalue weighted by Crippen LogP contribution is -2.36. The summed E-state index contributed by atoms with van der Waals surface area (Å²) in [5.41, 5.74) is 1.91. The van der Waals surface area contributed by atoms with Gasteiger partial charge in [0.2, 0.25) is 0 Å². The highest BCUT2D eigenvalue weighted by molar-refractivity contribution is 5.19. The minimum Gasteiger partial charge on any atom is -0.316 e. The molecule has 2 heteroatoms. The van der Waals surface area contributed by atoms with Gasteiger partial charge in [0.1, 0.15) is 0 Å². The van der Waals surface area contributed by atoms with Gasteiger partial charge < -0.3 is 10.2 Å². The van der Waals surface area contributed by atoms with Crippen LogP contribution < -0.4 is 5.32 Å². The summed E-state index contributed by atoms with van der Waals surface area (Å²) in [5, 5.41) is 3.48. The molecular weight excluding hydrogens is 220 g/mol. The SMILES string of the molecule is CC(CN(C)CC1(C)CCNC1)c1ccccc1. The van der Waals surface area contributed by atoms with Gasteiger partial charge >= 0.3 is 0 Å². The van der Waals surface area contributed by atoms with Crippen LogP contribution in [0.4, 0.5) is 0 Å². The second-order valence-corrected chi connectivity index (χ2v) is 6.25. The molecule has 2 nitrogen and oxygen atoms in total. The Hall–Kier alpha value is -0.860. The largest absolute Gasteiger partial charge is 0.316 e. The van der Waals surface area contributed by atoms with Gasteiger partial charge in [0, 0.05) is 19.6 Å². The van der Waals surface area contributed by atoms with Crippen LogP contribution in [0.2, 0.25) is 0 Å². The molecular formula is C16H26N2. The van der Waals surface area contributed by atoms with Crippen LogP contribution in [0.15, 0.2) is 30.3 Å². The van der Waals surface area contributed by atoms with Crippen molar-refractivity contribution in [2.45, 2.75) is 26.2 Å². The summed E-state index contributed by atoms with van der Waals surface area (Å²) < 4.78 is 0. The normalized spacial score (nSPS) is 25.6. The van der Waals surface area contributed by atoms with Gasteiger partial charge in [-0.05, 0) is 36.9 Å². The van der Waals surface area contributed by atoms with E-state index in [0.717, 1.165) is 13.1 Å². The summed E-state index contributed by atoms with van der Waals surface area (Å²) in [6, 6.07) is 10.8. The molecule has 2 unspecified atom stereocenters. The van der Waals surface area contributed by atoms with Gasteiger partial charge in [0.25, 0.3) is 0 Å². The molecule has 18 heavy (non-hydrogen) atoms. The Morgan fingerprint density at radius 1 is 1.33 bits per heavy atom. The molecule has 100 valence electrons. The van der Waals surface area contributed by atoms with Crippen molar-refractivity contribution in [3.05, 3.63) is 35.9 Å². The Labute approximate surface area is 111 Å². The number of likely N-dealkylation sites (N-methyl/N-ethyl adjacent to an activating group) is 1. The number of nitrogens with one attached hydrogen (secondary N) is 1. The number of benzene rings is 1. The van der Waals surface area contributed by atoms with Gasteiger partial charge in [-0.25, -0.2) is 0 Å². The van der Waals surface area contributed by atoms with Crippen molar-refractivity contribution in [2.75, 3.05) is 33.2 Å². The van der Waals surface area contributed by atoms with Crippen LogP contribution in [0.25, 0.3) is 0 Å². The van der Waals surface area contributed by atoms with Crippen LogP contribution in [0.1, 0.15) is 31.7 Å². The van der Waals surface area contributed by atoms with Crippen molar-refractivity contribution in [3.63, 3.8) is 0 Å². The van der Waals surface area contributed by atoms with Crippen LogP contribution in [-0.2, 0) is 0 Å². The van der Waals surface area contributed by atoms with Gasteiger partial charge in [-0.2, -0.15) is 0 Å². The first-order valence-electron chi connectivity index (χ1n) is 7.03. The van der Waals surface area contributed by atoms with Gasteiger partial charge in [-0.1, -0.05) is 44.2 Å². The predicted octanol–water partition coefficient (Wildman–Crippen LogP) is 2.72. The van der Waals surface area contributed by atoms with Gasteiger partial charge in [-0.15, -0.1) is 0 Å². The summed E-state index contributed by atoms with van der Waals surface area (Å²) in [6.45, 7) is 9.39. The number of hydrogen-bond acceptors (Lipinski definition) is 2. The Bertz CT molecular complexity index is 355. The van der Waals surface area contributed by atoms with Crippen molar-refractivity contribution in [1.29, 1.82) is 0 Å². The molecule has 0 saturated carbocycles. The van der Waals surface area contributed by atoms with Gasteiger partial charge in [0.05, 0.1) is 0 Å². The summed E-state index contributed by atoms with van der Waals surface area (Å²) in [6.07, 6.45) is 1.30. The summed E-state index contributed by atoms with van der Waals surface area (Å²) in [7, 11) is 2.25. The smallest absolute Gasteiger partial charge is 0.00452 e. The molecule has 0 aromatic heterocycles. The van der Waals surface area contributed by atoms with E-state index in [9.17, 15) is 0 Å². The quantitative estimate of drug-likeness (QED) is 0.859. The van der Waals surface area contributed by atoms with Crippen LogP contribution >= 0.6 is 0 Å². The molecule has 1 N–H and O–H groups in total. The minimum absolute atomic E-state index is 0.463. The van der Waals surface area contributed by atoms with E-state index in [-0.39, 0.29) is 0 Å². The zero-order chi connectivity index (χ0) is 13.0. The summed E-state index contributed by atoms with van der Waals surface area (Å²) >= 11 is 0. The maximum Gasteiger partial charge on any atom is 0.00452 e. The highest BCUT2D eigenvalue weighted by Gasteiger charge is 2.29. The molecule has 2 atom stereocenters. The molecule has 0 spiro atoms. The van der Waals surface area contributed by atoms with Crippen LogP contribution in [0.3, 0.4) is 0 Å². The molecule has 1 saturated heterocycles. The van der Waals surface area contributed by atoms with Crippen molar-refractivity contribution in [2.24, 2.45) is 5.41 Å². The molecule has 0 bridgehead atoms. The maximum atomic E-state index is 3.48. The highest BCUT2D eigenvalue weighted by Crippen LogP contribution is 2.26. The zero-order valence-corrected chi connectivity index (χ0v) is 11.9. The molecule has 1 aromatic rings. The fourth-order valence-electron chi connectivity index (χ4n) is 3.07. The second-order valence-electron chi connectivity index (χ2n) is 6.25. The molecule has 0 radical (unpaired) electrons. The van der Waals surface area contributed by atoms with Gasteiger partial charge in [0.15, 0.2) is 0 Å². The Balaban J connectivity index is 1.85. The van der Waals surface area contributed by atoms with E-state index >= 15 is 0 Å². The molecule has 2 rings (SSSR count). The first kappa shape index (κ1) is 13.6. The van der Waals surface area contributed by atoms with Crippen LogP contribution in [-0.4, -0.2) is 38.1 Å². The van der Waals surface area contributed by atoms with E-state index in [4.69, 9.17) is 0 Å². The van der Waals surface area contributed by atoms with Crippen molar-refractivity contribution >= 4 is 0 Å².